The van der Waals surface area contributed by atoms with Crippen molar-refractivity contribution in [3.63, 3.8) is 0 Å². The molecular weight excluding hydrogens is 411 g/mol. The second kappa shape index (κ2) is 11.6. The zero-order valence-electron chi connectivity index (χ0n) is 18.9. The summed E-state index contributed by atoms with van der Waals surface area (Å²) in [6.07, 6.45) is 9.43. The third-order valence-electron chi connectivity index (χ3n) is 6.57. The molecule has 1 aliphatic carbocycles. The van der Waals surface area contributed by atoms with Gasteiger partial charge in [-0.05, 0) is 50.7 Å². The van der Waals surface area contributed by atoms with Gasteiger partial charge in [0.25, 0.3) is 0 Å². The van der Waals surface area contributed by atoms with Crippen molar-refractivity contribution in [2.24, 2.45) is 16.8 Å². The number of rotatable bonds is 8. The van der Waals surface area contributed by atoms with Crippen LogP contribution in [0.5, 0.6) is 0 Å². The molecule has 31 heavy (non-hydrogen) atoms. The summed E-state index contributed by atoms with van der Waals surface area (Å²) in [5.41, 5.74) is 10.5. The summed E-state index contributed by atoms with van der Waals surface area (Å²) in [7, 11) is 2.13. The Morgan fingerprint density at radius 1 is 1.26 bits per heavy atom. The van der Waals surface area contributed by atoms with Gasteiger partial charge in [-0.25, -0.2) is 4.39 Å². The van der Waals surface area contributed by atoms with Crippen molar-refractivity contribution < 1.29 is 4.39 Å². The van der Waals surface area contributed by atoms with E-state index >= 15 is 4.39 Å². The standard InChI is InChI=1S/C23H37FN6S/c1-3-29(10-9-18-7-5-4-6-8-18)22-16-21(30-13-11-28(2)12-14-30)19(15-20(22)24)17-26-27-23(25)31/h15-18H,3-14H2,1-2H3,(H3,25,27,31)/b26-17+. The van der Waals surface area contributed by atoms with E-state index in [1.165, 1.54) is 32.1 Å². The second-order valence-electron chi connectivity index (χ2n) is 8.76. The van der Waals surface area contributed by atoms with E-state index in [1.807, 2.05) is 6.07 Å². The predicted molar refractivity (Wildman–Crippen MR) is 133 cm³/mol. The summed E-state index contributed by atoms with van der Waals surface area (Å²) in [4.78, 5) is 6.82. The van der Waals surface area contributed by atoms with Crippen LogP contribution in [0.15, 0.2) is 17.2 Å². The maximum Gasteiger partial charge on any atom is 0.184 e. The Bertz CT molecular complexity index is 757. The second-order valence-corrected chi connectivity index (χ2v) is 9.20. The molecule has 0 amide bonds. The van der Waals surface area contributed by atoms with Crippen molar-refractivity contribution >= 4 is 34.9 Å². The maximum absolute atomic E-state index is 15.2. The molecule has 8 heteroatoms. The first-order valence-electron chi connectivity index (χ1n) is 11.6. The Hall–Kier alpha value is -1.93. The maximum atomic E-state index is 15.2. The molecule has 1 aromatic carbocycles. The fourth-order valence-corrected chi connectivity index (χ4v) is 4.71. The smallest absolute Gasteiger partial charge is 0.184 e. The van der Waals surface area contributed by atoms with Crippen LogP contribution in [-0.4, -0.2) is 62.5 Å². The molecule has 172 valence electrons. The molecule has 0 bridgehead atoms. The summed E-state index contributed by atoms with van der Waals surface area (Å²) in [6.45, 7) is 7.57. The average molecular weight is 449 g/mol. The van der Waals surface area contributed by atoms with Gasteiger partial charge in [0.1, 0.15) is 5.82 Å². The summed E-state index contributed by atoms with van der Waals surface area (Å²) >= 11 is 4.82. The zero-order chi connectivity index (χ0) is 22.2. The van der Waals surface area contributed by atoms with Gasteiger partial charge >= 0.3 is 0 Å². The van der Waals surface area contributed by atoms with Crippen LogP contribution in [0.2, 0.25) is 0 Å². The molecule has 6 nitrogen and oxygen atoms in total. The highest BCUT2D eigenvalue weighted by molar-refractivity contribution is 7.80. The lowest BCUT2D eigenvalue weighted by molar-refractivity contribution is 0.313. The van der Waals surface area contributed by atoms with E-state index in [9.17, 15) is 0 Å². The number of likely N-dealkylation sites (N-methyl/N-ethyl adjacent to an activating group) is 1. The molecule has 2 fully saturated rings. The van der Waals surface area contributed by atoms with Crippen LogP contribution in [0.4, 0.5) is 15.8 Å². The van der Waals surface area contributed by atoms with Gasteiger partial charge in [-0.1, -0.05) is 32.1 Å². The first-order chi connectivity index (χ1) is 15.0. The number of hydrogen-bond acceptors (Lipinski definition) is 5. The third kappa shape index (κ3) is 6.77. The number of thiocarbonyl (C=S) groups is 1. The van der Waals surface area contributed by atoms with Gasteiger partial charge in [0, 0.05) is 50.5 Å². The number of anilines is 2. The monoisotopic (exact) mass is 448 g/mol. The molecule has 1 saturated heterocycles. The molecule has 0 spiro atoms. The molecule has 1 saturated carbocycles. The quantitative estimate of drug-likeness (QED) is 0.360. The third-order valence-corrected chi connectivity index (χ3v) is 6.66. The highest BCUT2D eigenvalue weighted by Crippen LogP contribution is 2.32. The predicted octanol–water partition coefficient (Wildman–Crippen LogP) is 3.54. The van der Waals surface area contributed by atoms with Crippen LogP contribution in [0.3, 0.4) is 0 Å². The normalized spacial score (nSPS) is 18.5. The number of piperazine rings is 1. The fraction of sp³-hybridized carbons (Fsp3) is 0.652. The molecule has 0 atom stereocenters. The Kier molecular flexibility index (Phi) is 8.90. The number of benzene rings is 1. The highest BCUT2D eigenvalue weighted by Gasteiger charge is 2.22. The molecular formula is C23H37FN6S. The Labute approximate surface area is 191 Å². The van der Waals surface area contributed by atoms with Crippen molar-refractivity contribution in [2.75, 3.05) is 56.1 Å². The summed E-state index contributed by atoms with van der Waals surface area (Å²) in [6, 6.07) is 3.60. The average Bonchev–Trinajstić information content (AvgIpc) is 2.76. The minimum absolute atomic E-state index is 0.0920. The van der Waals surface area contributed by atoms with Crippen LogP contribution in [0, 0.1) is 11.7 Å². The molecule has 1 aromatic rings. The van der Waals surface area contributed by atoms with Crippen LogP contribution in [-0.2, 0) is 0 Å². The molecule has 0 radical (unpaired) electrons. The van der Waals surface area contributed by atoms with Gasteiger partial charge < -0.3 is 20.4 Å². The summed E-state index contributed by atoms with van der Waals surface area (Å²) < 4.78 is 15.2. The molecule has 3 rings (SSSR count). The van der Waals surface area contributed by atoms with Crippen molar-refractivity contribution in [3.8, 4) is 0 Å². The van der Waals surface area contributed by atoms with Crippen molar-refractivity contribution in [3.05, 3.63) is 23.5 Å². The largest absolute Gasteiger partial charge is 0.375 e. The van der Waals surface area contributed by atoms with E-state index in [0.29, 0.717) is 5.69 Å². The van der Waals surface area contributed by atoms with E-state index in [0.717, 1.165) is 62.9 Å². The first-order valence-corrected chi connectivity index (χ1v) is 12.0. The van der Waals surface area contributed by atoms with E-state index < -0.39 is 0 Å². The van der Waals surface area contributed by atoms with Crippen molar-refractivity contribution in [2.45, 2.75) is 45.4 Å². The Morgan fingerprint density at radius 3 is 2.61 bits per heavy atom. The lowest BCUT2D eigenvalue weighted by atomic mass is 9.87. The van der Waals surface area contributed by atoms with Gasteiger partial charge in [0.2, 0.25) is 0 Å². The lowest BCUT2D eigenvalue weighted by Gasteiger charge is -2.36. The van der Waals surface area contributed by atoms with Crippen LogP contribution >= 0.6 is 12.2 Å². The van der Waals surface area contributed by atoms with Crippen LogP contribution in [0.25, 0.3) is 0 Å². The van der Waals surface area contributed by atoms with E-state index in [4.69, 9.17) is 18.0 Å². The van der Waals surface area contributed by atoms with Crippen molar-refractivity contribution in [1.29, 1.82) is 0 Å². The number of nitrogens with one attached hydrogen (secondary N) is 1. The topological polar surface area (TPSA) is 60.1 Å². The molecule has 0 aromatic heterocycles. The Morgan fingerprint density at radius 2 is 1.97 bits per heavy atom. The molecule has 1 aliphatic heterocycles. The summed E-state index contributed by atoms with van der Waals surface area (Å²) in [5.74, 6) is 0.570. The number of hydrazone groups is 1. The number of nitrogens with two attached hydrogens (primary N) is 1. The highest BCUT2D eigenvalue weighted by atomic mass is 32.1. The van der Waals surface area contributed by atoms with Crippen LogP contribution < -0.4 is 21.0 Å². The van der Waals surface area contributed by atoms with Crippen LogP contribution in [0.1, 0.15) is 51.0 Å². The zero-order valence-corrected chi connectivity index (χ0v) is 19.8. The number of hydrogen-bond donors (Lipinski definition) is 2. The Balaban J connectivity index is 1.83. The molecule has 1 heterocycles. The summed E-state index contributed by atoms with van der Waals surface area (Å²) in [5, 5.41) is 4.18. The molecule has 3 N–H and O–H groups in total. The van der Waals surface area contributed by atoms with Crippen molar-refractivity contribution in [1.82, 2.24) is 10.3 Å². The van der Waals surface area contributed by atoms with Gasteiger partial charge in [-0.2, -0.15) is 5.10 Å². The van der Waals surface area contributed by atoms with Gasteiger partial charge in [0.15, 0.2) is 5.11 Å². The van der Waals surface area contributed by atoms with Gasteiger partial charge in [-0.3, -0.25) is 5.43 Å². The molecule has 0 unspecified atom stereocenters. The lowest BCUT2D eigenvalue weighted by Crippen LogP contribution is -2.45. The fourth-order valence-electron chi connectivity index (χ4n) is 4.66. The van der Waals surface area contributed by atoms with E-state index in [2.05, 4.69) is 39.2 Å². The number of nitrogens with zero attached hydrogens (tertiary/aromatic N) is 4. The first kappa shape index (κ1) is 23.7. The minimum atomic E-state index is -0.208. The van der Waals surface area contributed by atoms with E-state index in [-0.39, 0.29) is 10.9 Å². The van der Waals surface area contributed by atoms with Gasteiger partial charge in [0.05, 0.1) is 11.9 Å². The molecule has 2 aliphatic rings. The number of halogens is 1. The van der Waals surface area contributed by atoms with Gasteiger partial charge in [-0.15, -0.1) is 0 Å². The minimum Gasteiger partial charge on any atom is -0.375 e. The van der Waals surface area contributed by atoms with E-state index in [1.54, 1.807) is 12.3 Å². The SMILES string of the molecule is CCN(CCC1CCCCC1)c1cc(N2CCN(C)CC2)c(/C=N/NC(N)=S)cc1F.